The third kappa shape index (κ3) is 4.08. The average Bonchev–Trinajstić information content (AvgIpc) is 3.38. The van der Waals surface area contributed by atoms with Crippen LogP contribution in [0.3, 0.4) is 0 Å². The lowest BCUT2D eigenvalue weighted by Gasteiger charge is -2.15. The summed E-state index contributed by atoms with van der Waals surface area (Å²) in [6.45, 7) is 0.189. The summed E-state index contributed by atoms with van der Waals surface area (Å²) in [6, 6.07) is 5.00. The van der Waals surface area contributed by atoms with Crippen LogP contribution in [0.4, 0.5) is 4.39 Å². The fourth-order valence-corrected chi connectivity index (χ4v) is 5.64. The number of benzene rings is 1. The molecule has 0 saturated carbocycles. The summed E-state index contributed by atoms with van der Waals surface area (Å²) in [7, 11) is -2.48. The Morgan fingerprint density at radius 1 is 1.21 bits per heavy atom. The molecule has 7 nitrogen and oxygen atoms in total. The Kier molecular flexibility index (Phi) is 6.11. The van der Waals surface area contributed by atoms with Gasteiger partial charge in [-0.2, -0.15) is 4.31 Å². The predicted molar refractivity (Wildman–Crippen MR) is 99.9 cm³/mol. The SMILES string of the molecule is COc1ccc(C(=O)COC(=O)c2sccc2S(=O)(=O)N2CCCC2)cc1F. The van der Waals surface area contributed by atoms with E-state index in [4.69, 9.17) is 9.47 Å². The molecule has 0 spiro atoms. The number of carbonyl (C=O) groups excluding carboxylic acids is 2. The molecular weight excluding hydrogens is 409 g/mol. The van der Waals surface area contributed by atoms with Crippen molar-refractivity contribution in [2.24, 2.45) is 0 Å². The number of nitrogens with zero attached hydrogens (tertiary/aromatic N) is 1. The van der Waals surface area contributed by atoms with E-state index in [1.54, 1.807) is 0 Å². The molecule has 150 valence electrons. The van der Waals surface area contributed by atoms with Crippen molar-refractivity contribution >= 4 is 33.1 Å². The summed E-state index contributed by atoms with van der Waals surface area (Å²) >= 11 is 0.930. The second-order valence-electron chi connectivity index (χ2n) is 6.07. The maximum Gasteiger partial charge on any atom is 0.350 e. The van der Waals surface area contributed by atoms with Crippen LogP contribution in [0.2, 0.25) is 0 Å². The van der Waals surface area contributed by atoms with Crippen LogP contribution in [-0.2, 0) is 14.8 Å². The Hall–Kier alpha value is -2.30. The van der Waals surface area contributed by atoms with Crippen molar-refractivity contribution in [2.75, 3.05) is 26.8 Å². The summed E-state index contributed by atoms with van der Waals surface area (Å²) < 4.78 is 50.2. The summed E-state index contributed by atoms with van der Waals surface area (Å²) in [6.07, 6.45) is 1.55. The van der Waals surface area contributed by atoms with E-state index >= 15 is 0 Å². The minimum atomic E-state index is -3.78. The Morgan fingerprint density at radius 3 is 2.57 bits per heavy atom. The van der Waals surface area contributed by atoms with Gasteiger partial charge in [0.25, 0.3) is 0 Å². The Bertz CT molecular complexity index is 995. The summed E-state index contributed by atoms with van der Waals surface area (Å²) in [5.41, 5.74) is 0.0159. The van der Waals surface area contributed by atoms with E-state index in [1.165, 1.54) is 35.0 Å². The third-order valence-corrected chi connectivity index (χ3v) is 7.27. The fraction of sp³-hybridized carbons (Fsp3) is 0.333. The van der Waals surface area contributed by atoms with Crippen molar-refractivity contribution in [3.05, 3.63) is 45.9 Å². The van der Waals surface area contributed by atoms with Crippen LogP contribution in [0.15, 0.2) is 34.5 Å². The highest BCUT2D eigenvalue weighted by Crippen LogP contribution is 2.28. The molecule has 1 aromatic carbocycles. The molecule has 2 aromatic rings. The number of hydrogen-bond donors (Lipinski definition) is 0. The summed E-state index contributed by atoms with van der Waals surface area (Å²) in [4.78, 5) is 24.3. The number of halogens is 1. The van der Waals surface area contributed by atoms with Gasteiger partial charge >= 0.3 is 5.97 Å². The number of sulfonamides is 1. The van der Waals surface area contributed by atoms with Gasteiger partial charge in [0.15, 0.2) is 24.0 Å². The molecule has 1 aliphatic rings. The zero-order chi connectivity index (χ0) is 20.3. The summed E-state index contributed by atoms with van der Waals surface area (Å²) in [5.74, 6) is -2.24. The third-order valence-electron chi connectivity index (χ3n) is 4.31. The van der Waals surface area contributed by atoms with Crippen LogP contribution in [-0.4, -0.2) is 51.3 Å². The van der Waals surface area contributed by atoms with Crippen LogP contribution >= 0.6 is 11.3 Å². The molecule has 1 fully saturated rings. The van der Waals surface area contributed by atoms with E-state index in [-0.39, 0.29) is 21.1 Å². The number of esters is 1. The quantitative estimate of drug-likeness (QED) is 0.499. The zero-order valence-corrected chi connectivity index (χ0v) is 16.6. The first-order chi connectivity index (χ1) is 13.3. The number of ether oxygens (including phenoxy) is 2. The predicted octanol–water partition coefficient (Wildman–Crippen LogP) is 2.72. The molecule has 1 saturated heterocycles. The Labute approximate surface area is 165 Å². The number of carbonyl (C=O) groups is 2. The zero-order valence-electron chi connectivity index (χ0n) is 15.0. The van der Waals surface area contributed by atoms with Crippen LogP contribution in [0, 0.1) is 5.82 Å². The van der Waals surface area contributed by atoms with Crippen molar-refractivity contribution in [2.45, 2.75) is 17.7 Å². The van der Waals surface area contributed by atoms with Crippen LogP contribution in [0.1, 0.15) is 32.9 Å². The van der Waals surface area contributed by atoms with Crippen molar-refractivity contribution in [1.82, 2.24) is 4.31 Å². The molecule has 0 aliphatic carbocycles. The number of methoxy groups -OCH3 is 1. The number of hydrogen-bond acceptors (Lipinski definition) is 7. The van der Waals surface area contributed by atoms with Gasteiger partial charge in [0.2, 0.25) is 10.0 Å². The highest BCUT2D eigenvalue weighted by molar-refractivity contribution is 7.89. The normalized spacial score (nSPS) is 14.8. The molecule has 0 bridgehead atoms. The van der Waals surface area contributed by atoms with Gasteiger partial charge < -0.3 is 9.47 Å². The second kappa shape index (κ2) is 8.38. The van der Waals surface area contributed by atoms with Crippen molar-refractivity contribution in [3.8, 4) is 5.75 Å². The van der Waals surface area contributed by atoms with Gasteiger partial charge in [0.05, 0.1) is 7.11 Å². The molecule has 0 atom stereocenters. The molecule has 0 unspecified atom stereocenters. The molecule has 28 heavy (non-hydrogen) atoms. The lowest BCUT2D eigenvalue weighted by Crippen LogP contribution is -2.29. The topological polar surface area (TPSA) is 90.0 Å². The lowest BCUT2D eigenvalue weighted by atomic mass is 10.1. The van der Waals surface area contributed by atoms with Crippen LogP contribution in [0.5, 0.6) is 5.75 Å². The van der Waals surface area contributed by atoms with Gasteiger partial charge in [0, 0.05) is 18.7 Å². The largest absolute Gasteiger partial charge is 0.494 e. The van der Waals surface area contributed by atoms with Crippen LogP contribution < -0.4 is 4.74 Å². The van der Waals surface area contributed by atoms with Crippen LogP contribution in [0.25, 0.3) is 0 Å². The molecule has 1 aliphatic heterocycles. The average molecular weight is 427 g/mol. The van der Waals surface area contributed by atoms with Crippen molar-refractivity contribution < 1.29 is 31.9 Å². The van der Waals surface area contributed by atoms with E-state index in [2.05, 4.69) is 0 Å². The number of Topliss-reactive ketones (excluding diaryl/α,β-unsaturated/α-hetero) is 1. The summed E-state index contributed by atoms with van der Waals surface area (Å²) in [5, 5.41) is 1.49. The maximum atomic E-state index is 13.7. The molecule has 3 rings (SSSR count). The van der Waals surface area contributed by atoms with Gasteiger partial charge in [-0.15, -0.1) is 11.3 Å². The second-order valence-corrected chi connectivity index (χ2v) is 8.90. The first-order valence-corrected chi connectivity index (χ1v) is 10.8. The van der Waals surface area contributed by atoms with E-state index in [0.717, 1.165) is 30.2 Å². The van der Waals surface area contributed by atoms with Gasteiger partial charge in [-0.3, -0.25) is 4.79 Å². The highest BCUT2D eigenvalue weighted by Gasteiger charge is 2.32. The van der Waals surface area contributed by atoms with Gasteiger partial charge in [-0.05, 0) is 42.5 Å². The number of rotatable bonds is 7. The molecule has 0 radical (unpaired) electrons. The van der Waals surface area contributed by atoms with E-state index < -0.39 is 34.2 Å². The fourth-order valence-electron chi connectivity index (χ4n) is 2.84. The molecule has 0 N–H and O–H groups in total. The minimum absolute atomic E-state index is 0.0103. The highest BCUT2D eigenvalue weighted by atomic mass is 32.2. The van der Waals surface area contributed by atoms with Gasteiger partial charge in [-0.1, -0.05) is 0 Å². The maximum absolute atomic E-state index is 13.7. The number of ketones is 1. The van der Waals surface area contributed by atoms with Crippen molar-refractivity contribution in [3.63, 3.8) is 0 Å². The first-order valence-electron chi connectivity index (χ1n) is 8.46. The van der Waals surface area contributed by atoms with E-state index in [9.17, 15) is 22.4 Å². The van der Waals surface area contributed by atoms with Crippen molar-refractivity contribution in [1.29, 1.82) is 0 Å². The smallest absolute Gasteiger partial charge is 0.350 e. The lowest BCUT2D eigenvalue weighted by molar-refractivity contribution is 0.0476. The van der Waals surface area contributed by atoms with Gasteiger partial charge in [-0.25, -0.2) is 17.6 Å². The van der Waals surface area contributed by atoms with E-state index in [0.29, 0.717) is 13.1 Å². The molecule has 0 amide bonds. The van der Waals surface area contributed by atoms with Gasteiger partial charge in [0.1, 0.15) is 9.77 Å². The van der Waals surface area contributed by atoms with E-state index in [1.807, 2.05) is 0 Å². The Morgan fingerprint density at radius 2 is 1.93 bits per heavy atom. The molecule has 1 aromatic heterocycles. The minimum Gasteiger partial charge on any atom is -0.494 e. The monoisotopic (exact) mass is 427 g/mol. The molecular formula is C18H18FNO6S2. The number of thiophene rings is 1. The molecule has 10 heteroatoms. The standard InChI is InChI=1S/C18H18FNO6S2/c1-25-15-5-4-12(10-13(15)19)14(21)11-26-18(22)17-16(6-9-27-17)28(23,24)20-7-2-3-8-20/h4-6,9-10H,2-3,7-8,11H2,1H3. The Balaban J connectivity index is 1.70. The first kappa shape index (κ1) is 20.4. The molecule has 2 heterocycles.